The van der Waals surface area contributed by atoms with E-state index < -0.39 is 48.1 Å². The standard InChI is InChI=1S/C27H31F5O2/c1-2-3-4-5-7-16-10-11-20(22(28)12-16)23(29)15-21-18(8-6-9-19(21)27(33)34)17-13-24(30)26(32)25(31)14-17/h6,8-9,13-14,16,20,22-23H,2-5,7,10-12,15H2,1H3,(H,33,34)/t16-,20-,22?,23?/m0/s1. The highest BCUT2D eigenvalue weighted by Gasteiger charge is 2.36. The lowest BCUT2D eigenvalue weighted by molar-refractivity contribution is 0.0591. The number of carboxylic acid groups (broad SMARTS) is 1. The summed E-state index contributed by atoms with van der Waals surface area (Å²) in [4.78, 5) is 11.8. The second kappa shape index (κ2) is 11.8. The molecule has 2 unspecified atom stereocenters. The van der Waals surface area contributed by atoms with Crippen molar-refractivity contribution in [3.05, 3.63) is 58.9 Å². The van der Waals surface area contributed by atoms with Gasteiger partial charge >= 0.3 is 5.97 Å². The van der Waals surface area contributed by atoms with Crippen molar-refractivity contribution in [3.63, 3.8) is 0 Å². The third-order valence-electron chi connectivity index (χ3n) is 6.96. The van der Waals surface area contributed by atoms with Gasteiger partial charge in [-0.1, -0.05) is 51.2 Å². The van der Waals surface area contributed by atoms with Crippen LogP contribution >= 0.6 is 0 Å². The van der Waals surface area contributed by atoms with Crippen molar-refractivity contribution in [2.45, 2.75) is 77.1 Å². The van der Waals surface area contributed by atoms with Crippen molar-refractivity contribution in [1.29, 1.82) is 0 Å². The molecule has 0 saturated heterocycles. The number of rotatable bonds is 10. The Morgan fingerprint density at radius 3 is 2.41 bits per heavy atom. The molecule has 4 atom stereocenters. The number of hydrogen-bond donors (Lipinski definition) is 1. The summed E-state index contributed by atoms with van der Waals surface area (Å²) in [5, 5.41) is 9.62. The average molecular weight is 483 g/mol. The predicted octanol–water partition coefficient (Wildman–Crippen LogP) is 8.07. The molecular weight excluding hydrogens is 451 g/mol. The lowest BCUT2D eigenvalue weighted by Gasteiger charge is -2.34. The molecule has 186 valence electrons. The van der Waals surface area contributed by atoms with Crippen LogP contribution in [-0.2, 0) is 6.42 Å². The maximum absolute atomic E-state index is 15.4. The van der Waals surface area contributed by atoms with Gasteiger partial charge in [0.1, 0.15) is 12.3 Å². The van der Waals surface area contributed by atoms with Gasteiger partial charge in [-0.3, -0.25) is 0 Å². The Morgan fingerprint density at radius 1 is 1.09 bits per heavy atom. The maximum Gasteiger partial charge on any atom is 0.335 e. The van der Waals surface area contributed by atoms with Crippen LogP contribution in [0.1, 0.15) is 74.2 Å². The van der Waals surface area contributed by atoms with Gasteiger partial charge in [0.05, 0.1) is 5.56 Å². The molecule has 0 amide bonds. The Bertz CT molecular complexity index is 970. The van der Waals surface area contributed by atoms with Crippen molar-refractivity contribution < 1.29 is 31.9 Å². The molecule has 1 aliphatic rings. The topological polar surface area (TPSA) is 37.3 Å². The molecule has 2 nitrogen and oxygen atoms in total. The van der Waals surface area contributed by atoms with E-state index in [2.05, 4.69) is 6.92 Å². The first-order chi connectivity index (χ1) is 16.2. The van der Waals surface area contributed by atoms with Crippen molar-refractivity contribution >= 4 is 5.97 Å². The first-order valence-corrected chi connectivity index (χ1v) is 12.0. The van der Waals surface area contributed by atoms with Crippen molar-refractivity contribution in [2.75, 3.05) is 0 Å². The SMILES string of the molecule is CCCCCC[C@H]1CC[C@H](C(F)Cc2c(C(=O)O)cccc2-c2cc(F)c(F)c(F)c2)C(F)C1. The molecule has 0 aliphatic heterocycles. The lowest BCUT2D eigenvalue weighted by atomic mass is 9.75. The fraction of sp³-hybridized carbons (Fsp3) is 0.519. The lowest BCUT2D eigenvalue weighted by Crippen LogP contribution is -2.34. The van der Waals surface area contributed by atoms with Crippen LogP contribution in [0.3, 0.4) is 0 Å². The molecule has 0 heterocycles. The fourth-order valence-electron chi connectivity index (χ4n) is 5.08. The Hall–Kier alpha value is -2.44. The minimum atomic E-state index is -1.66. The van der Waals surface area contributed by atoms with E-state index >= 15 is 4.39 Å². The normalized spacial score (nSPS) is 21.4. The van der Waals surface area contributed by atoms with Gasteiger partial charge < -0.3 is 5.11 Å². The van der Waals surface area contributed by atoms with Gasteiger partial charge in [-0.15, -0.1) is 0 Å². The highest BCUT2D eigenvalue weighted by molar-refractivity contribution is 5.92. The molecule has 0 bridgehead atoms. The van der Waals surface area contributed by atoms with Crippen LogP contribution in [0.4, 0.5) is 22.0 Å². The second-order valence-corrected chi connectivity index (χ2v) is 9.32. The van der Waals surface area contributed by atoms with Gasteiger partial charge in [0, 0.05) is 12.3 Å². The van der Waals surface area contributed by atoms with Crippen molar-refractivity contribution in [2.24, 2.45) is 11.8 Å². The summed E-state index contributed by atoms with van der Waals surface area (Å²) < 4.78 is 71.5. The number of alkyl halides is 2. The van der Waals surface area contributed by atoms with Crippen LogP contribution in [0, 0.1) is 29.3 Å². The number of unbranched alkanes of at least 4 members (excludes halogenated alkanes) is 3. The molecule has 0 radical (unpaired) electrons. The number of halogens is 5. The van der Waals surface area contributed by atoms with E-state index in [-0.39, 0.29) is 28.2 Å². The average Bonchev–Trinajstić information content (AvgIpc) is 2.80. The Labute approximate surface area is 197 Å². The second-order valence-electron chi connectivity index (χ2n) is 9.32. The third-order valence-corrected chi connectivity index (χ3v) is 6.96. The minimum Gasteiger partial charge on any atom is -0.478 e. The molecular formula is C27H31F5O2. The zero-order chi connectivity index (χ0) is 24.8. The first kappa shape index (κ1) is 26.2. The molecule has 2 aromatic carbocycles. The van der Waals surface area contributed by atoms with Crippen LogP contribution in [0.5, 0.6) is 0 Å². The molecule has 2 aromatic rings. The summed E-state index contributed by atoms with van der Waals surface area (Å²) in [6.45, 7) is 2.13. The first-order valence-electron chi connectivity index (χ1n) is 12.0. The van der Waals surface area contributed by atoms with Crippen LogP contribution < -0.4 is 0 Å². The quantitative estimate of drug-likeness (QED) is 0.211. The smallest absolute Gasteiger partial charge is 0.335 e. The number of benzene rings is 2. The molecule has 3 rings (SSSR count). The Balaban J connectivity index is 1.80. The molecule has 34 heavy (non-hydrogen) atoms. The number of hydrogen-bond acceptors (Lipinski definition) is 1. The number of carboxylic acids is 1. The highest BCUT2D eigenvalue weighted by atomic mass is 19.2. The molecule has 1 aliphatic carbocycles. The van der Waals surface area contributed by atoms with Gasteiger partial charge in [0.25, 0.3) is 0 Å². The third kappa shape index (κ3) is 6.16. The van der Waals surface area contributed by atoms with E-state index in [0.717, 1.165) is 50.7 Å². The molecule has 1 N–H and O–H groups in total. The van der Waals surface area contributed by atoms with Crippen molar-refractivity contribution in [1.82, 2.24) is 0 Å². The van der Waals surface area contributed by atoms with Crippen LogP contribution in [0.25, 0.3) is 11.1 Å². The number of carbonyl (C=O) groups is 1. The summed E-state index contributed by atoms with van der Waals surface area (Å²) in [5.41, 5.74) is -0.234. The molecule has 1 saturated carbocycles. The molecule has 7 heteroatoms. The predicted molar refractivity (Wildman–Crippen MR) is 122 cm³/mol. The zero-order valence-corrected chi connectivity index (χ0v) is 19.3. The van der Waals surface area contributed by atoms with E-state index in [1.807, 2.05) is 0 Å². The van der Waals surface area contributed by atoms with Crippen LogP contribution in [0.15, 0.2) is 30.3 Å². The van der Waals surface area contributed by atoms with Crippen molar-refractivity contribution in [3.8, 4) is 11.1 Å². The van der Waals surface area contributed by atoms with Crippen LogP contribution in [-0.4, -0.2) is 23.4 Å². The molecule has 0 spiro atoms. The van der Waals surface area contributed by atoms with Crippen LogP contribution in [0.2, 0.25) is 0 Å². The van der Waals surface area contributed by atoms with Gasteiger partial charge in [0.2, 0.25) is 0 Å². The Kier molecular flexibility index (Phi) is 9.09. The maximum atomic E-state index is 15.4. The summed E-state index contributed by atoms with van der Waals surface area (Å²) in [5.74, 6) is -6.49. The van der Waals surface area contributed by atoms with E-state index in [0.29, 0.717) is 12.8 Å². The van der Waals surface area contributed by atoms with E-state index in [1.165, 1.54) is 18.2 Å². The molecule has 0 aromatic heterocycles. The zero-order valence-electron chi connectivity index (χ0n) is 19.3. The van der Waals surface area contributed by atoms with E-state index in [9.17, 15) is 27.5 Å². The minimum absolute atomic E-state index is 0.0156. The monoisotopic (exact) mass is 482 g/mol. The molecule has 1 fully saturated rings. The van der Waals surface area contributed by atoms with Gasteiger partial charge in [-0.2, -0.15) is 0 Å². The number of aromatic carboxylic acids is 1. The van der Waals surface area contributed by atoms with Gasteiger partial charge in [0.15, 0.2) is 17.5 Å². The van der Waals surface area contributed by atoms with Gasteiger partial charge in [-0.25, -0.2) is 26.7 Å². The summed E-state index contributed by atoms with van der Waals surface area (Å²) in [6.07, 6.45) is 3.32. The fourth-order valence-corrected chi connectivity index (χ4v) is 5.08. The van der Waals surface area contributed by atoms with E-state index in [4.69, 9.17) is 0 Å². The summed E-state index contributed by atoms with van der Waals surface area (Å²) >= 11 is 0. The highest BCUT2D eigenvalue weighted by Crippen LogP contribution is 2.39. The summed E-state index contributed by atoms with van der Waals surface area (Å²) in [6, 6.07) is 5.54. The Morgan fingerprint density at radius 2 is 1.79 bits per heavy atom. The van der Waals surface area contributed by atoms with E-state index in [1.54, 1.807) is 0 Å². The summed E-state index contributed by atoms with van der Waals surface area (Å²) in [7, 11) is 0. The van der Waals surface area contributed by atoms with Gasteiger partial charge in [-0.05, 0) is 60.1 Å². The largest absolute Gasteiger partial charge is 0.478 e.